The van der Waals surface area contributed by atoms with E-state index in [0.29, 0.717) is 41.3 Å². The van der Waals surface area contributed by atoms with Crippen LogP contribution >= 0.6 is 11.3 Å². The highest BCUT2D eigenvalue weighted by atomic mass is 32.1. The van der Waals surface area contributed by atoms with Crippen molar-refractivity contribution in [1.82, 2.24) is 19.7 Å². The number of likely N-dealkylation sites (N-methyl/N-ethyl adjacent to an activating group) is 1. The Balaban J connectivity index is 1.10. The fourth-order valence-corrected chi connectivity index (χ4v) is 6.30. The quantitative estimate of drug-likeness (QED) is 0.297. The molecule has 1 N–H and O–H groups in total. The Morgan fingerprint density at radius 3 is 2.62 bits per heavy atom. The van der Waals surface area contributed by atoms with E-state index in [4.69, 9.17) is 9.47 Å². The van der Waals surface area contributed by atoms with Crippen LogP contribution in [0.3, 0.4) is 0 Å². The van der Waals surface area contributed by atoms with Gasteiger partial charge < -0.3 is 19.3 Å². The summed E-state index contributed by atoms with van der Waals surface area (Å²) in [4.78, 5) is 49.3. The van der Waals surface area contributed by atoms with Gasteiger partial charge in [-0.15, -0.1) is 0 Å². The Hall–Kier alpha value is -3.80. The number of hydrogen-bond donors (Lipinski definition) is 1. The Labute approximate surface area is 249 Å². The van der Waals surface area contributed by atoms with Crippen LogP contribution in [-0.4, -0.2) is 103 Å². The number of hydrogen-bond acceptors (Lipinski definition) is 9. The van der Waals surface area contributed by atoms with Crippen LogP contribution in [0.4, 0.5) is 5.13 Å². The average molecular weight is 592 g/mol. The molecule has 0 spiro atoms. The Morgan fingerprint density at radius 2 is 1.83 bits per heavy atom. The van der Waals surface area contributed by atoms with Crippen molar-refractivity contribution in [3.63, 3.8) is 0 Å². The summed E-state index contributed by atoms with van der Waals surface area (Å²) in [7, 11) is 3.63. The highest BCUT2D eigenvalue weighted by molar-refractivity contribution is 7.22. The predicted octanol–water partition coefficient (Wildman–Crippen LogP) is 3.69. The number of likely N-dealkylation sites (tertiary alicyclic amines) is 1. The number of methoxy groups -OCH3 is 1. The van der Waals surface area contributed by atoms with Crippen molar-refractivity contribution in [3.05, 3.63) is 60.2 Å². The number of ether oxygens (including phenoxy) is 2. The van der Waals surface area contributed by atoms with Crippen molar-refractivity contribution in [2.24, 2.45) is 0 Å². The number of aromatic nitrogens is 1. The zero-order chi connectivity index (χ0) is 29.5. The highest BCUT2D eigenvalue weighted by Crippen LogP contribution is 2.27. The number of rotatable bonds is 9. The fourth-order valence-electron chi connectivity index (χ4n) is 5.42. The molecular formula is C31H37N5O5S. The zero-order valence-corrected chi connectivity index (χ0v) is 24.9. The minimum Gasteiger partial charge on any atom is -0.496 e. The van der Waals surface area contributed by atoms with Crippen LogP contribution in [0, 0.1) is 0 Å². The number of carbonyl (C=O) groups is 3. The standard InChI is InChI=1S/C31H37N5O5S/c1-34-14-5-15-35(19-18-34)22-12-16-36(17-13-22)30(39)11-10-26(37)24-9-8-23(20-27(24)40-2)41-21-29(38)33-31-32-25-6-3-4-7-28(25)42-31/h3-4,6-11,20,22H,5,12-19,21H2,1-2H3,(H,32,33,38). The van der Waals surface area contributed by atoms with Gasteiger partial charge in [0, 0.05) is 44.4 Å². The van der Waals surface area contributed by atoms with Gasteiger partial charge in [0.1, 0.15) is 11.5 Å². The SMILES string of the molecule is COc1cc(OCC(=O)Nc2nc3ccccc3s2)ccc1C(=O)C=CC(=O)N1CCC(N2CCCN(C)CC2)CC1. The second-order valence-electron chi connectivity index (χ2n) is 10.6. The summed E-state index contributed by atoms with van der Waals surface area (Å²) in [5.74, 6) is -0.177. The number of ketones is 1. The van der Waals surface area contributed by atoms with Crippen LogP contribution in [-0.2, 0) is 9.59 Å². The Morgan fingerprint density at radius 1 is 1.02 bits per heavy atom. The van der Waals surface area contributed by atoms with Gasteiger partial charge in [-0.05, 0) is 69.7 Å². The van der Waals surface area contributed by atoms with Crippen LogP contribution in [0.5, 0.6) is 11.5 Å². The third-order valence-electron chi connectivity index (χ3n) is 7.77. The van der Waals surface area contributed by atoms with Crippen LogP contribution in [0.15, 0.2) is 54.6 Å². The minimum atomic E-state index is -0.349. The number of amides is 2. The van der Waals surface area contributed by atoms with Crippen LogP contribution < -0.4 is 14.8 Å². The van der Waals surface area contributed by atoms with Gasteiger partial charge in [-0.2, -0.15) is 0 Å². The van der Waals surface area contributed by atoms with Crippen molar-refractivity contribution in [2.45, 2.75) is 25.3 Å². The van der Waals surface area contributed by atoms with E-state index in [-0.39, 0.29) is 24.2 Å². The molecule has 42 heavy (non-hydrogen) atoms. The van der Waals surface area contributed by atoms with Crippen LogP contribution in [0.25, 0.3) is 10.2 Å². The number of anilines is 1. The first-order valence-corrected chi connectivity index (χ1v) is 15.1. The van der Waals surface area contributed by atoms with Gasteiger partial charge in [0.2, 0.25) is 5.91 Å². The van der Waals surface area contributed by atoms with E-state index < -0.39 is 0 Å². The first-order valence-electron chi connectivity index (χ1n) is 14.3. The smallest absolute Gasteiger partial charge is 0.264 e. The summed E-state index contributed by atoms with van der Waals surface area (Å²) in [6, 6.07) is 12.9. The van der Waals surface area contributed by atoms with E-state index in [0.717, 1.165) is 49.2 Å². The highest BCUT2D eigenvalue weighted by Gasteiger charge is 2.27. The van der Waals surface area contributed by atoms with Gasteiger partial charge in [-0.25, -0.2) is 4.98 Å². The summed E-state index contributed by atoms with van der Waals surface area (Å²) in [6.45, 7) is 5.56. The molecule has 222 valence electrons. The van der Waals surface area contributed by atoms with Crippen molar-refractivity contribution in [3.8, 4) is 11.5 Å². The Bertz CT molecular complexity index is 1420. The summed E-state index contributed by atoms with van der Waals surface area (Å²) < 4.78 is 12.0. The number of nitrogens with zero attached hydrogens (tertiary/aromatic N) is 4. The molecule has 0 unspecified atom stereocenters. The summed E-state index contributed by atoms with van der Waals surface area (Å²) in [6.07, 6.45) is 5.72. The molecule has 0 bridgehead atoms. The molecule has 5 rings (SSSR count). The minimum absolute atomic E-state index is 0.157. The lowest BCUT2D eigenvalue weighted by Gasteiger charge is -2.37. The number of piperidine rings is 1. The van der Waals surface area contributed by atoms with Gasteiger partial charge >= 0.3 is 0 Å². The molecule has 2 amide bonds. The zero-order valence-electron chi connectivity index (χ0n) is 24.1. The van der Waals surface area contributed by atoms with E-state index in [2.05, 4.69) is 27.1 Å². The van der Waals surface area contributed by atoms with Crippen LogP contribution in [0.2, 0.25) is 0 Å². The van der Waals surface area contributed by atoms with E-state index in [1.54, 1.807) is 18.2 Å². The molecule has 3 aromatic rings. The molecule has 11 heteroatoms. The molecule has 2 aliphatic heterocycles. The lowest BCUT2D eigenvalue weighted by atomic mass is 10.0. The summed E-state index contributed by atoms with van der Waals surface area (Å²) in [5.41, 5.74) is 1.12. The number of allylic oxidation sites excluding steroid dienone is 1. The molecule has 0 saturated carbocycles. The molecular weight excluding hydrogens is 554 g/mol. The predicted molar refractivity (Wildman–Crippen MR) is 163 cm³/mol. The van der Waals surface area contributed by atoms with Gasteiger partial charge in [-0.3, -0.25) is 24.6 Å². The van der Waals surface area contributed by atoms with Crippen molar-refractivity contribution in [1.29, 1.82) is 0 Å². The first kappa shape index (κ1) is 29.7. The molecule has 2 aliphatic rings. The molecule has 2 saturated heterocycles. The normalized spacial score (nSPS) is 17.3. The summed E-state index contributed by atoms with van der Waals surface area (Å²) >= 11 is 1.39. The maximum absolute atomic E-state index is 12.9. The number of thiazole rings is 1. The summed E-state index contributed by atoms with van der Waals surface area (Å²) in [5, 5.41) is 3.25. The van der Waals surface area contributed by atoms with Crippen molar-refractivity contribution in [2.75, 3.05) is 65.3 Å². The number of nitrogens with one attached hydrogen (secondary N) is 1. The molecule has 0 radical (unpaired) electrons. The number of benzene rings is 2. The van der Waals surface area contributed by atoms with E-state index >= 15 is 0 Å². The van der Waals surface area contributed by atoms with Crippen LogP contribution in [0.1, 0.15) is 29.6 Å². The second kappa shape index (κ2) is 13.9. The molecule has 3 heterocycles. The van der Waals surface area contributed by atoms with E-state index in [9.17, 15) is 14.4 Å². The van der Waals surface area contributed by atoms with Crippen molar-refractivity contribution >= 4 is 44.3 Å². The lowest BCUT2D eigenvalue weighted by molar-refractivity contribution is -0.127. The number of fused-ring (bicyclic) bond motifs is 1. The molecule has 0 aliphatic carbocycles. The molecule has 10 nitrogen and oxygen atoms in total. The maximum atomic E-state index is 12.9. The van der Waals surface area contributed by atoms with Crippen molar-refractivity contribution < 1.29 is 23.9 Å². The molecule has 1 aromatic heterocycles. The van der Waals surface area contributed by atoms with Gasteiger partial charge in [0.05, 0.1) is 22.9 Å². The maximum Gasteiger partial charge on any atom is 0.264 e. The van der Waals surface area contributed by atoms with Gasteiger partial charge in [0.25, 0.3) is 5.91 Å². The average Bonchev–Trinajstić information content (AvgIpc) is 3.29. The first-order chi connectivity index (χ1) is 20.4. The third kappa shape index (κ3) is 7.53. The largest absolute Gasteiger partial charge is 0.496 e. The lowest BCUT2D eigenvalue weighted by Crippen LogP contribution is -2.47. The van der Waals surface area contributed by atoms with Gasteiger partial charge in [0.15, 0.2) is 17.5 Å². The Kier molecular flexibility index (Phi) is 9.83. The molecule has 0 atom stereocenters. The second-order valence-corrected chi connectivity index (χ2v) is 11.7. The van der Waals surface area contributed by atoms with E-state index in [1.807, 2.05) is 29.2 Å². The topological polar surface area (TPSA) is 104 Å². The van der Waals surface area contributed by atoms with E-state index in [1.165, 1.54) is 37.0 Å². The molecule has 2 aromatic carbocycles. The van der Waals surface area contributed by atoms with Gasteiger partial charge in [-0.1, -0.05) is 23.5 Å². The monoisotopic (exact) mass is 591 g/mol. The molecule has 2 fully saturated rings. The number of para-hydroxylation sites is 1. The fraction of sp³-hybridized carbons (Fsp3) is 0.419. The third-order valence-corrected chi connectivity index (χ3v) is 8.72. The number of carbonyl (C=O) groups excluding carboxylic acids is 3.